The van der Waals surface area contributed by atoms with Crippen molar-refractivity contribution in [2.75, 3.05) is 26.2 Å². The lowest BCUT2D eigenvalue weighted by atomic mass is 9.98. The Morgan fingerprint density at radius 2 is 2.15 bits per heavy atom. The minimum atomic E-state index is -0.877. The third-order valence-electron chi connectivity index (χ3n) is 4.27. The van der Waals surface area contributed by atoms with Crippen LogP contribution in [0.3, 0.4) is 0 Å². The third kappa shape index (κ3) is 9.07. The molecule has 0 aliphatic carbocycles. The van der Waals surface area contributed by atoms with E-state index in [1.54, 1.807) is 25.7 Å². The standard InChI is InChI=1S/C19H34N4O4/c1-13(2)10-15(22-18(26)27-19(3,4)5)16(24)12-23(9-7-20)11-14-6-8-21-17(14)25/h13-16,24H,6,8-12H2,1-5H3,(H,21,25)(H,22,26)/t14-,15-,16?/m0/s1. The molecule has 8 nitrogen and oxygen atoms in total. The quantitative estimate of drug-likeness (QED) is 0.517. The Bertz CT molecular complexity index is 539. The van der Waals surface area contributed by atoms with Gasteiger partial charge in [0, 0.05) is 19.6 Å². The molecule has 0 spiro atoms. The highest BCUT2D eigenvalue weighted by molar-refractivity contribution is 5.80. The summed E-state index contributed by atoms with van der Waals surface area (Å²) in [5.74, 6) is 0.0653. The highest BCUT2D eigenvalue weighted by atomic mass is 16.6. The number of ether oxygens (including phenoxy) is 1. The molecule has 2 amide bonds. The Morgan fingerprint density at radius 3 is 2.63 bits per heavy atom. The molecule has 1 unspecified atom stereocenters. The zero-order valence-electron chi connectivity index (χ0n) is 17.1. The molecule has 154 valence electrons. The van der Waals surface area contributed by atoms with Crippen LogP contribution >= 0.6 is 0 Å². The van der Waals surface area contributed by atoms with E-state index in [1.165, 1.54) is 0 Å². The van der Waals surface area contributed by atoms with Crippen LogP contribution in [0.1, 0.15) is 47.5 Å². The van der Waals surface area contributed by atoms with Gasteiger partial charge in [0.25, 0.3) is 0 Å². The van der Waals surface area contributed by atoms with Gasteiger partial charge >= 0.3 is 6.09 Å². The fourth-order valence-electron chi connectivity index (χ4n) is 3.11. The predicted molar refractivity (Wildman–Crippen MR) is 102 cm³/mol. The molecule has 0 bridgehead atoms. The molecule has 0 radical (unpaired) electrons. The van der Waals surface area contributed by atoms with Crippen LogP contribution < -0.4 is 10.6 Å². The van der Waals surface area contributed by atoms with Gasteiger partial charge in [-0.15, -0.1) is 0 Å². The van der Waals surface area contributed by atoms with E-state index in [0.717, 1.165) is 6.42 Å². The van der Waals surface area contributed by atoms with E-state index >= 15 is 0 Å². The number of nitriles is 1. The number of carbonyl (C=O) groups is 2. The smallest absolute Gasteiger partial charge is 0.407 e. The van der Waals surface area contributed by atoms with Crippen LogP contribution in [0.15, 0.2) is 0 Å². The van der Waals surface area contributed by atoms with E-state index in [4.69, 9.17) is 10.00 Å². The summed E-state index contributed by atoms with van der Waals surface area (Å²) in [4.78, 5) is 25.7. The first-order chi connectivity index (χ1) is 12.5. The lowest BCUT2D eigenvalue weighted by molar-refractivity contribution is -0.123. The van der Waals surface area contributed by atoms with Crippen molar-refractivity contribution in [1.29, 1.82) is 5.26 Å². The molecule has 27 heavy (non-hydrogen) atoms. The average Bonchev–Trinajstić information content (AvgIpc) is 2.89. The van der Waals surface area contributed by atoms with Crippen molar-refractivity contribution in [2.45, 2.75) is 65.2 Å². The number of aliphatic hydroxyl groups is 1. The molecular weight excluding hydrogens is 348 g/mol. The molecule has 0 saturated carbocycles. The molecular formula is C19H34N4O4. The second-order valence-electron chi connectivity index (χ2n) is 8.58. The van der Waals surface area contributed by atoms with Gasteiger partial charge in [0.1, 0.15) is 5.60 Å². The van der Waals surface area contributed by atoms with Gasteiger partial charge in [-0.3, -0.25) is 9.69 Å². The van der Waals surface area contributed by atoms with E-state index in [2.05, 4.69) is 16.7 Å². The Labute approximate surface area is 162 Å². The van der Waals surface area contributed by atoms with E-state index in [0.29, 0.717) is 19.5 Å². The molecule has 1 heterocycles. The molecule has 0 aromatic heterocycles. The minimum absolute atomic E-state index is 0.0157. The second kappa shape index (κ2) is 10.5. The Hall–Kier alpha value is -1.85. The van der Waals surface area contributed by atoms with Gasteiger partial charge in [-0.1, -0.05) is 13.8 Å². The Morgan fingerprint density at radius 1 is 1.48 bits per heavy atom. The van der Waals surface area contributed by atoms with Gasteiger partial charge < -0.3 is 20.5 Å². The molecule has 0 aromatic carbocycles. The Kier molecular flexibility index (Phi) is 9.00. The summed E-state index contributed by atoms with van der Waals surface area (Å²) >= 11 is 0. The number of hydrogen-bond donors (Lipinski definition) is 3. The van der Waals surface area contributed by atoms with Crippen LogP contribution in [0.4, 0.5) is 4.79 Å². The summed E-state index contributed by atoms with van der Waals surface area (Å²) in [5, 5.41) is 25.3. The number of nitrogens with zero attached hydrogens (tertiary/aromatic N) is 2. The number of aliphatic hydroxyl groups excluding tert-OH is 1. The molecule has 3 atom stereocenters. The summed E-state index contributed by atoms with van der Waals surface area (Å²) < 4.78 is 5.29. The van der Waals surface area contributed by atoms with Gasteiger partial charge in [-0.05, 0) is 39.5 Å². The van der Waals surface area contributed by atoms with Crippen molar-refractivity contribution >= 4 is 12.0 Å². The molecule has 1 aliphatic rings. The van der Waals surface area contributed by atoms with E-state index in [1.807, 2.05) is 13.8 Å². The molecule has 3 N–H and O–H groups in total. The first kappa shape index (κ1) is 23.2. The predicted octanol–water partition coefficient (Wildman–Crippen LogP) is 1.25. The van der Waals surface area contributed by atoms with Crippen LogP contribution in [-0.2, 0) is 9.53 Å². The zero-order valence-corrected chi connectivity index (χ0v) is 17.1. The number of amides is 2. The number of rotatable bonds is 9. The third-order valence-corrected chi connectivity index (χ3v) is 4.27. The van der Waals surface area contributed by atoms with Crippen LogP contribution in [0.2, 0.25) is 0 Å². The van der Waals surface area contributed by atoms with Crippen LogP contribution in [-0.4, -0.2) is 65.9 Å². The first-order valence-electron chi connectivity index (χ1n) is 9.56. The van der Waals surface area contributed by atoms with E-state index in [9.17, 15) is 14.7 Å². The maximum absolute atomic E-state index is 12.1. The number of hydrogen-bond acceptors (Lipinski definition) is 6. The maximum Gasteiger partial charge on any atom is 0.407 e. The zero-order chi connectivity index (χ0) is 20.6. The van der Waals surface area contributed by atoms with Gasteiger partial charge in [-0.25, -0.2) is 4.79 Å². The van der Waals surface area contributed by atoms with Gasteiger partial charge in [0.2, 0.25) is 5.91 Å². The fraction of sp³-hybridized carbons (Fsp3) is 0.842. The Balaban J connectivity index is 2.73. The number of alkyl carbamates (subject to hydrolysis) is 1. The second-order valence-corrected chi connectivity index (χ2v) is 8.58. The van der Waals surface area contributed by atoms with Crippen molar-refractivity contribution in [3.8, 4) is 6.07 Å². The summed E-state index contributed by atoms with van der Waals surface area (Å²) in [6.45, 7) is 10.7. The van der Waals surface area contributed by atoms with Crippen molar-refractivity contribution in [3.63, 3.8) is 0 Å². The first-order valence-corrected chi connectivity index (χ1v) is 9.56. The SMILES string of the molecule is CC(C)C[C@H](NC(=O)OC(C)(C)C)C(O)CN(CC#N)C[C@@H]1CCNC1=O. The normalized spacial score (nSPS) is 19.5. The summed E-state index contributed by atoms with van der Waals surface area (Å²) in [6.07, 6.45) is -0.153. The molecule has 1 saturated heterocycles. The highest BCUT2D eigenvalue weighted by Crippen LogP contribution is 2.15. The molecule has 1 rings (SSSR count). The monoisotopic (exact) mass is 382 g/mol. The van der Waals surface area contributed by atoms with Crippen LogP contribution in [0.25, 0.3) is 0 Å². The molecule has 1 fully saturated rings. The highest BCUT2D eigenvalue weighted by Gasteiger charge is 2.30. The molecule has 0 aromatic rings. The largest absolute Gasteiger partial charge is 0.444 e. The van der Waals surface area contributed by atoms with Crippen molar-refractivity contribution in [1.82, 2.24) is 15.5 Å². The fourth-order valence-corrected chi connectivity index (χ4v) is 3.11. The van der Waals surface area contributed by atoms with Crippen molar-refractivity contribution in [2.24, 2.45) is 11.8 Å². The van der Waals surface area contributed by atoms with Gasteiger partial charge in [0.15, 0.2) is 0 Å². The van der Waals surface area contributed by atoms with Crippen molar-refractivity contribution in [3.05, 3.63) is 0 Å². The summed E-state index contributed by atoms with van der Waals surface area (Å²) in [5.41, 5.74) is -0.625. The van der Waals surface area contributed by atoms with E-state index in [-0.39, 0.29) is 30.8 Å². The summed E-state index contributed by atoms with van der Waals surface area (Å²) in [7, 11) is 0. The lowest BCUT2D eigenvalue weighted by Gasteiger charge is -2.31. The topological polar surface area (TPSA) is 115 Å². The maximum atomic E-state index is 12.1. The van der Waals surface area contributed by atoms with Crippen LogP contribution in [0, 0.1) is 23.2 Å². The summed E-state index contributed by atoms with van der Waals surface area (Å²) in [6, 6.07) is 1.58. The number of carbonyl (C=O) groups excluding carboxylic acids is 2. The van der Waals surface area contributed by atoms with Crippen LogP contribution in [0.5, 0.6) is 0 Å². The average molecular weight is 383 g/mol. The van der Waals surface area contributed by atoms with E-state index < -0.39 is 23.8 Å². The minimum Gasteiger partial charge on any atom is -0.444 e. The molecule has 8 heteroatoms. The van der Waals surface area contributed by atoms with Crippen molar-refractivity contribution < 1.29 is 19.4 Å². The van der Waals surface area contributed by atoms with Gasteiger partial charge in [0.05, 0.1) is 30.7 Å². The molecule has 1 aliphatic heterocycles. The number of nitrogens with one attached hydrogen (secondary N) is 2. The lowest BCUT2D eigenvalue weighted by Crippen LogP contribution is -2.50. The van der Waals surface area contributed by atoms with Gasteiger partial charge in [-0.2, -0.15) is 5.26 Å².